The third-order valence-electron chi connectivity index (χ3n) is 4.92. The van der Waals surface area contributed by atoms with Crippen LogP contribution < -0.4 is 15.4 Å². The number of nitrogens with zero attached hydrogens (tertiary/aromatic N) is 3. The van der Waals surface area contributed by atoms with Gasteiger partial charge in [-0.2, -0.15) is 0 Å². The lowest BCUT2D eigenvalue weighted by Gasteiger charge is -2.20. The minimum Gasteiger partial charge on any atom is -0.497 e. The summed E-state index contributed by atoms with van der Waals surface area (Å²) in [7, 11) is 1.61. The van der Waals surface area contributed by atoms with E-state index in [0.29, 0.717) is 29.6 Å². The summed E-state index contributed by atoms with van der Waals surface area (Å²) in [5, 5.41) is 7.86. The van der Waals surface area contributed by atoms with E-state index in [2.05, 4.69) is 25.6 Å². The van der Waals surface area contributed by atoms with E-state index >= 15 is 0 Å². The van der Waals surface area contributed by atoms with Gasteiger partial charge < -0.3 is 14.8 Å². The van der Waals surface area contributed by atoms with Crippen molar-refractivity contribution in [3.05, 3.63) is 72.7 Å². The third kappa shape index (κ3) is 5.78. The van der Waals surface area contributed by atoms with Crippen LogP contribution in [0.5, 0.6) is 5.75 Å². The highest BCUT2D eigenvalue weighted by atomic mass is 16.6. The molecule has 2 N–H and O–H groups in total. The second kappa shape index (κ2) is 9.74. The molecule has 0 saturated carbocycles. The van der Waals surface area contributed by atoms with Crippen LogP contribution in [-0.4, -0.2) is 33.8 Å². The van der Waals surface area contributed by atoms with Crippen molar-refractivity contribution >= 4 is 28.5 Å². The molecule has 0 aliphatic carbocycles. The van der Waals surface area contributed by atoms with E-state index in [1.165, 1.54) is 0 Å². The lowest BCUT2D eigenvalue weighted by molar-refractivity contribution is 0.0636. The maximum atomic E-state index is 12.5. The summed E-state index contributed by atoms with van der Waals surface area (Å²) in [6.07, 6.45) is 4.70. The summed E-state index contributed by atoms with van der Waals surface area (Å²) >= 11 is 0. The zero-order valence-electron chi connectivity index (χ0n) is 19.6. The Hall–Kier alpha value is -4.20. The standard InChI is InChI=1S/C26H27N5O3/c1-26(2,3)34-25(32)31-23-13-19(12-18-7-8-20(33-4)14-21(18)23)22-9-11-28-24(30-22)29-16-17-6-5-10-27-15-17/h5-15H,16H2,1-4H3,(H,31,32)(H,28,29,30). The maximum absolute atomic E-state index is 12.5. The van der Waals surface area contributed by atoms with E-state index in [-0.39, 0.29) is 0 Å². The number of benzene rings is 2. The molecule has 174 valence electrons. The predicted molar refractivity (Wildman–Crippen MR) is 133 cm³/mol. The number of anilines is 2. The van der Waals surface area contributed by atoms with Gasteiger partial charge in [-0.25, -0.2) is 14.8 Å². The minimum absolute atomic E-state index is 0.498. The summed E-state index contributed by atoms with van der Waals surface area (Å²) in [5.41, 5.74) is 2.56. The Bertz CT molecular complexity index is 1300. The molecule has 2 aromatic heterocycles. The molecule has 8 nitrogen and oxygen atoms in total. The molecule has 0 aliphatic rings. The number of hydrogen-bond donors (Lipinski definition) is 2. The van der Waals surface area contributed by atoms with E-state index in [0.717, 1.165) is 21.9 Å². The van der Waals surface area contributed by atoms with Crippen LogP contribution in [0.25, 0.3) is 22.0 Å². The molecule has 4 aromatic rings. The number of carbonyl (C=O) groups excluding carboxylic acids is 1. The van der Waals surface area contributed by atoms with Gasteiger partial charge in [-0.3, -0.25) is 10.3 Å². The lowest BCUT2D eigenvalue weighted by atomic mass is 10.0. The Morgan fingerprint density at radius 3 is 2.65 bits per heavy atom. The number of rotatable bonds is 6. The zero-order valence-corrected chi connectivity index (χ0v) is 19.6. The summed E-state index contributed by atoms with van der Waals surface area (Å²) in [6, 6.07) is 15.3. The first-order valence-corrected chi connectivity index (χ1v) is 10.9. The summed E-state index contributed by atoms with van der Waals surface area (Å²) in [6.45, 7) is 6.03. The number of carbonyl (C=O) groups is 1. The Labute approximate surface area is 198 Å². The SMILES string of the molecule is COc1ccc2cc(-c3ccnc(NCc4cccnc4)n3)cc(NC(=O)OC(C)(C)C)c2c1. The monoisotopic (exact) mass is 457 g/mol. The molecule has 34 heavy (non-hydrogen) atoms. The highest BCUT2D eigenvalue weighted by Crippen LogP contribution is 2.33. The van der Waals surface area contributed by atoms with Crippen molar-refractivity contribution in [3.63, 3.8) is 0 Å². The molecule has 0 bridgehead atoms. The van der Waals surface area contributed by atoms with Crippen LogP contribution >= 0.6 is 0 Å². The third-order valence-corrected chi connectivity index (χ3v) is 4.92. The molecule has 2 heterocycles. The van der Waals surface area contributed by atoms with Gasteiger partial charge in [0.1, 0.15) is 11.4 Å². The van der Waals surface area contributed by atoms with E-state index < -0.39 is 11.7 Å². The molecule has 8 heteroatoms. The molecular formula is C26H27N5O3. The first-order valence-electron chi connectivity index (χ1n) is 10.9. The molecule has 0 radical (unpaired) electrons. The number of ether oxygens (including phenoxy) is 2. The van der Waals surface area contributed by atoms with Crippen molar-refractivity contribution in [1.29, 1.82) is 0 Å². The summed E-state index contributed by atoms with van der Waals surface area (Å²) in [4.78, 5) is 25.7. The number of aromatic nitrogens is 3. The van der Waals surface area contributed by atoms with Crippen molar-refractivity contribution in [2.24, 2.45) is 0 Å². The number of fused-ring (bicyclic) bond motifs is 1. The number of hydrogen-bond acceptors (Lipinski definition) is 7. The molecule has 2 aromatic carbocycles. The predicted octanol–water partition coefficient (Wildman–Crippen LogP) is 5.66. The Morgan fingerprint density at radius 1 is 1.06 bits per heavy atom. The molecule has 1 amide bonds. The van der Waals surface area contributed by atoms with E-state index in [4.69, 9.17) is 9.47 Å². The van der Waals surface area contributed by atoms with Gasteiger partial charge in [0, 0.05) is 36.1 Å². The Kier molecular flexibility index (Phi) is 6.58. The zero-order chi connectivity index (χ0) is 24.1. The molecule has 0 unspecified atom stereocenters. The number of nitrogens with one attached hydrogen (secondary N) is 2. The van der Waals surface area contributed by atoms with E-state index in [9.17, 15) is 4.79 Å². The molecule has 0 fully saturated rings. The summed E-state index contributed by atoms with van der Waals surface area (Å²) in [5.74, 6) is 1.19. The van der Waals surface area contributed by atoms with Crippen LogP contribution in [0, 0.1) is 0 Å². The second-order valence-electron chi connectivity index (χ2n) is 8.72. The van der Waals surface area contributed by atoms with Crippen LogP contribution in [0.15, 0.2) is 67.1 Å². The van der Waals surface area contributed by atoms with Crippen LogP contribution in [-0.2, 0) is 11.3 Å². The average Bonchev–Trinajstić information content (AvgIpc) is 2.82. The topological polar surface area (TPSA) is 98.3 Å². The minimum atomic E-state index is -0.614. The first kappa shape index (κ1) is 23.0. The van der Waals surface area contributed by atoms with Gasteiger partial charge >= 0.3 is 6.09 Å². The van der Waals surface area contributed by atoms with Crippen molar-refractivity contribution < 1.29 is 14.3 Å². The van der Waals surface area contributed by atoms with Crippen LogP contribution in [0.4, 0.5) is 16.4 Å². The van der Waals surface area contributed by atoms with Crippen molar-refractivity contribution in [1.82, 2.24) is 15.0 Å². The molecule has 0 atom stereocenters. The van der Waals surface area contributed by atoms with Gasteiger partial charge in [0.15, 0.2) is 0 Å². The fourth-order valence-electron chi connectivity index (χ4n) is 3.42. The molecule has 0 saturated heterocycles. The van der Waals surface area contributed by atoms with E-state index in [1.54, 1.807) is 25.7 Å². The van der Waals surface area contributed by atoms with Crippen LogP contribution in [0.1, 0.15) is 26.3 Å². The fourth-order valence-corrected chi connectivity index (χ4v) is 3.42. The first-order chi connectivity index (χ1) is 16.3. The van der Waals surface area contributed by atoms with Crippen molar-refractivity contribution in [2.75, 3.05) is 17.7 Å². The highest BCUT2D eigenvalue weighted by molar-refractivity contribution is 6.03. The Morgan fingerprint density at radius 2 is 1.91 bits per heavy atom. The second-order valence-corrected chi connectivity index (χ2v) is 8.72. The Balaban J connectivity index is 1.68. The average molecular weight is 458 g/mol. The quantitative estimate of drug-likeness (QED) is 0.385. The van der Waals surface area contributed by atoms with Gasteiger partial charge in [0.25, 0.3) is 0 Å². The van der Waals surface area contributed by atoms with Crippen molar-refractivity contribution in [3.8, 4) is 17.0 Å². The van der Waals surface area contributed by atoms with Crippen LogP contribution in [0.3, 0.4) is 0 Å². The van der Waals surface area contributed by atoms with Crippen molar-refractivity contribution in [2.45, 2.75) is 32.9 Å². The number of pyridine rings is 1. The maximum Gasteiger partial charge on any atom is 0.412 e. The van der Waals surface area contributed by atoms with Gasteiger partial charge in [-0.05, 0) is 68.1 Å². The highest BCUT2D eigenvalue weighted by Gasteiger charge is 2.18. The molecule has 0 spiro atoms. The van der Waals surface area contributed by atoms with E-state index in [1.807, 2.05) is 69.3 Å². The molecular weight excluding hydrogens is 430 g/mol. The smallest absolute Gasteiger partial charge is 0.412 e. The fraction of sp³-hybridized carbons (Fsp3) is 0.231. The van der Waals surface area contributed by atoms with Gasteiger partial charge in [-0.1, -0.05) is 12.1 Å². The van der Waals surface area contributed by atoms with Crippen LogP contribution in [0.2, 0.25) is 0 Å². The number of amides is 1. The lowest BCUT2D eigenvalue weighted by Crippen LogP contribution is -2.27. The summed E-state index contributed by atoms with van der Waals surface area (Å²) < 4.78 is 10.8. The normalized spacial score (nSPS) is 11.2. The molecule has 0 aliphatic heterocycles. The molecule has 4 rings (SSSR count). The largest absolute Gasteiger partial charge is 0.497 e. The van der Waals surface area contributed by atoms with Gasteiger partial charge in [-0.15, -0.1) is 0 Å². The van der Waals surface area contributed by atoms with Gasteiger partial charge in [0.05, 0.1) is 18.5 Å². The van der Waals surface area contributed by atoms with Gasteiger partial charge in [0.2, 0.25) is 5.95 Å². The number of methoxy groups -OCH3 is 1.